The molecule has 14 heavy (non-hydrogen) atoms. The molecule has 0 bridgehead atoms. The molecule has 0 aromatic carbocycles. The Labute approximate surface area is 82.8 Å². The Morgan fingerprint density at radius 3 is 3.00 bits per heavy atom. The van der Waals surface area contributed by atoms with E-state index in [4.69, 9.17) is 5.73 Å². The molecule has 0 aliphatic rings. The Morgan fingerprint density at radius 1 is 1.50 bits per heavy atom. The van der Waals surface area contributed by atoms with Crippen molar-refractivity contribution in [2.45, 2.75) is 26.3 Å². The number of anilines is 1. The van der Waals surface area contributed by atoms with Gasteiger partial charge < -0.3 is 10.3 Å². The summed E-state index contributed by atoms with van der Waals surface area (Å²) < 4.78 is 2.13. The maximum Gasteiger partial charge on any atom is 0.145 e. The second-order valence-corrected chi connectivity index (χ2v) is 3.48. The number of hydrogen-bond donors (Lipinski definition) is 1. The summed E-state index contributed by atoms with van der Waals surface area (Å²) in [6.45, 7) is 4.32. The van der Waals surface area contributed by atoms with Crippen LogP contribution in [-0.4, -0.2) is 14.5 Å². The van der Waals surface area contributed by atoms with E-state index in [-0.39, 0.29) is 0 Å². The molecule has 4 heteroatoms. The third-order valence-corrected chi connectivity index (χ3v) is 2.61. The minimum atomic E-state index is 0.446. The van der Waals surface area contributed by atoms with E-state index in [1.165, 1.54) is 6.33 Å². The molecule has 4 nitrogen and oxygen atoms in total. The van der Waals surface area contributed by atoms with Gasteiger partial charge in [-0.3, -0.25) is 0 Å². The smallest absolute Gasteiger partial charge is 0.145 e. The fraction of sp³-hybridized carbons (Fsp3) is 0.400. The van der Waals surface area contributed by atoms with Crippen LogP contribution in [0.4, 0.5) is 5.82 Å². The van der Waals surface area contributed by atoms with Gasteiger partial charge in [-0.25, -0.2) is 9.97 Å². The first-order valence-corrected chi connectivity index (χ1v) is 4.81. The molecule has 0 spiro atoms. The zero-order chi connectivity index (χ0) is 10.1. The highest BCUT2D eigenvalue weighted by molar-refractivity contribution is 5.86. The van der Waals surface area contributed by atoms with Gasteiger partial charge in [0.2, 0.25) is 0 Å². The van der Waals surface area contributed by atoms with Crippen molar-refractivity contribution in [3.05, 3.63) is 18.6 Å². The van der Waals surface area contributed by atoms with E-state index in [1.807, 2.05) is 12.3 Å². The third-order valence-electron chi connectivity index (χ3n) is 2.61. The summed E-state index contributed by atoms with van der Waals surface area (Å²) in [5, 5.41) is 0.938. The normalized spacial score (nSPS) is 13.3. The molecule has 0 aliphatic carbocycles. The van der Waals surface area contributed by atoms with Crippen LogP contribution in [0.15, 0.2) is 18.6 Å². The van der Waals surface area contributed by atoms with Crippen LogP contribution < -0.4 is 5.73 Å². The highest BCUT2D eigenvalue weighted by atomic mass is 15.1. The lowest BCUT2D eigenvalue weighted by Crippen LogP contribution is -2.03. The van der Waals surface area contributed by atoms with E-state index in [9.17, 15) is 0 Å². The zero-order valence-electron chi connectivity index (χ0n) is 8.44. The van der Waals surface area contributed by atoms with Crippen LogP contribution in [0.3, 0.4) is 0 Å². The van der Waals surface area contributed by atoms with Crippen LogP contribution in [0.25, 0.3) is 11.0 Å². The van der Waals surface area contributed by atoms with Crippen molar-refractivity contribution >= 4 is 16.9 Å². The highest BCUT2D eigenvalue weighted by Gasteiger charge is 2.09. The van der Waals surface area contributed by atoms with Crippen molar-refractivity contribution in [3.8, 4) is 0 Å². The second kappa shape index (κ2) is 3.29. The number of rotatable bonds is 2. The Hall–Kier alpha value is -1.58. The quantitative estimate of drug-likeness (QED) is 0.787. The van der Waals surface area contributed by atoms with Crippen molar-refractivity contribution < 1.29 is 0 Å². The third kappa shape index (κ3) is 1.23. The van der Waals surface area contributed by atoms with Gasteiger partial charge in [-0.1, -0.05) is 6.92 Å². The van der Waals surface area contributed by atoms with Crippen LogP contribution in [0.2, 0.25) is 0 Å². The molecule has 0 amide bonds. The summed E-state index contributed by atoms with van der Waals surface area (Å²) in [6.07, 6.45) is 4.61. The number of nitrogen functional groups attached to an aromatic ring is 1. The van der Waals surface area contributed by atoms with Crippen LogP contribution in [0.5, 0.6) is 0 Å². The molecule has 2 rings (SSSR count). The van der Waals surface area contributed by atoms with Gasteiger partial charge in [0, 0.05) is 12.2 Å². The summed E-state index contributed by atoms with van der Waals surface area (Å²) in [4.78, 5) is 8.20. The number of aromatic nitrogens is 3. The summed E-state index contributed by atoms with van der Waals surface area (Å²) in [5.41, 5.74) is 6.67. The van der Waals surface area contributed by atoms with Crippen molar-refractivity contribution in [3.63, 3.8) is 0 Å². The highest BCUT2D eigenvalue weighted by Crippen LogP contribution is 2.22. The summed E-state index contributed by atoms with van der Waals surface area (Å²) >= 11 is 0. The van der Waals surface area contributed by atoms with Gasteiger partial charge in [-0.05, 0) is 19.4 Å². The molecule has 0 saturated heterocycles. The van der Waals surface area contributed by atoms with E-state index < -0.39 is 0 Å². The lowest BCUT2D eigenvalue weighted by molar-refractivity contribution is 0.544. The first-order valence-electron chi connectivity index (χ1n) is 4.81. The first-order chi connectivity index (χ1) is 6.74. The lowest BCUT2D eigenvalue weighted by Gasteiger charge is -2.11. The fourth-order valence-electron chi connectivity index (χ4n) is 1.54. The van der Waals surface area contributed by atoms with Gasteiger partial charge in [-0.2, -0.15) is 0 Å². The molecular formula is C10H14N4. The first kappa shape index (κ1) is 8.99. The minimum absolute atomic E-state index is 0.446. The molecule has 1 atom stereocenters. The Morgan fingerprint density at radius 2 is 2.29 bits per heavy atom. The lowest BCUT2D eigenvalue weighted by atomic mass is 10.2. The van der Waals surface area contributed by atoms with Crippen molar-refractivity contribution in [2.75, 3.05) is 5.73 Å². The maximum atomic E-state index is 5.75. The SMILES string of the molecule is CCC(C)n1ccc2c(N)ncnc21. The van der Waals surface area contributed by atoms with Gasteiger partial charge >= 0.3 is 0 Å². The van der Waals surface area contributed by atoms with E-state index >= 15 is 0 Å². The molecule has 2 N–H and O–H groups in total. The zero-order valence-corrected chi connectivity index (χ0v) is 8.44. The average molecular weight is 190 g/mol. The molecule has 2 aromatic rings. The number of hydrogen-bond acceptors (Lipinski definition) is 3. The van der Waals surface area contributed by atoms with Crippen LogP contribution in [0.1, 0.15) is 26.3 Å². The van der Waals surface area contributed by atoms with E-state index in [1.54, 1.807) is 0 Å². The number of nitrogens with two attached hydrogens (primary N) is 1. The standard InChI is InChI=1S/C10H14N4/c1-3-7(2)14-5-4-8-9(11)12-6-13-10(8)14/h4-7H,3H2,1-2H3,(H2,11,12,13). The summed E-state index contributed by atoms with van der Waals surface area (Å²) in [7, 11) is 0. The predicted molar refractivity (Wildman–Crippen MR) is 56.9 cm³/mol. The van der Waals surface area contributed by atoms with E-state index in [2.05, 4.69) is 28.4 Å². The summed E-state index contributed by atoms with van der Waals surface area (Å²) in [6, 6.07) is 2.42. The second-order valence-electron chi connectivity index (χ2n) is 3.48. The van der Waals surface area contributed by atoms with Crippen LogP contribution in [-0.2, 0) is 0 Å². The molecule has 0 saturated carbocycles. The monoisotopic (exact) mass is 190 g/mol. The van der Waals surface area contributed by atoms with Crippen molar-refractivity contribution in [1.29, 1.82) is 0 Å². The largest absolute Gasteiger partial charge is 0.383 e. The van der Waals surface area contributed by atoms with Gasteiger partial charge in [0.05, 0.1) is 5.39 Å². The van der Waals surface area contributed by atoms with Gasteiger partial charge in [0.25, 0.3) is 0 Å². The molecule has 2 heterocycles. The molecule has 2 aromatic heterocycles. The average Bonchev–Trinajstić information content (AvgIpc) is 2.62. The van der Waals surface area contributed by atoms with E-state index in [0.29, 0.717) is 11.9 Å². The maximum absolute atomic E-state index is 5.75. The number of fused-ring (bicyclic) bond motifs is 1. The minimum Gasteiger partial charge on any atom is -0.383 e. The molecule has 0 fully saturated rings. The van der Waals surface area contributed by atoms with Crippen LogP contribution in [0, 0.1) is 0 Å². The molecule has 0 aliphatic heterocycles. The van der Waals surface area contributed by atoms with Crippen LogP contribution >= 0.6 is 0 Å². The Bertz CT molecular complexity index is 446. The number of nitrogens with zero attached hydrogens (tertiary/aromatic N) is 3. The van der Waals surface area contributed by atoms with Gasteiger partial charge in [0.1, 0.15) is 17.8 Å². The topological polar surface area (TPSA) is 56.7 Å². The molecule has 1 unspecified atom stereocenters. The van der Waals surface area contributed by atoms with Crippen molar-refractivity contribution in [2.24, 2.45) is 0 Å². The molecule has 0 radical (unpaired) electrons. The Balaban J connectivity index is 2.63. The predicted octanol–water partition coefficient (Wildman–Crippen LogP) is 1.98. The van der Waals surface area contributed by atoms with Crippen molar-refractivity contribution in [1.82, 2.24) is 14.5 Å². The molecule has 74 valence electrons. The van der Waals surface area contributed by atoms with Gasteiger partial charge in [0.15, 0.2) is 0 Å². The Kier molecular flexibility index (Phi) is 2.11. The molecular weight excluding hydrogens is 176 g/mol. The van der Waals surface area contributed by atoms with E-state index in [0.717, 1.165) is 17.5 Å². The summed E-state index contributed by atoms with van der Waals surface area (Å²) in [5.74, 6) is 0.553. The fourth-order valence-corrected chi connectivity index (χ4v) is 1.54. The van der Waals surface area contributed by atoms with Gasteiger partial charge in [-0.15, -0.1) is 0 Å².